The zero-order chi connectivity index (χ0) is 37.0. The SMILES string of the molecule is O=c1c2cc3c(cc2n2n1B1C4=C(C5c6ccccc6C4c4ccccc45)n4c5ccc6c(c5c5ccc-2c1c54)C1CC2CC(CC6C2)C1)C1CC2CC(CC3C2)C1. The van der Waals surface area contributed by atoms with E-state index in [1.165, 1.54) is 136 Å². The van der Waals surface area contributed by atoms with E-state index in [2.05, 4.69) is 98.8 Å². The number of aromatic nitrogens is 3. The second-order valence-corrected chi connectivity index (χ2v) is 21.1. The molecule has 0 saturated heterocycles. The predicted molar refractivity (Wildman–Crippen MR) is 232 cm³/mol. The van der Waals surface area contributed by atoms with Gasteiger partial charge in [0.05, 0.1) is 27.6 Å². The number of benzene rings is 5. The number of hydrogen-bond acceptors (Lipinski definition) is 1. The quantitative estimate of drug-likeness (QED) is 0.142. The first-order valence-electron chi connectivity index (χ1n) is 23.0. The van der Waals surface area contributed by atoms with Crippen LogP contribution in [0.4, 0.5) is 0 Å². The van der Waals surface area contributed by atoms with E-state index in [4.69, 9.17) is 0 Å². The van der Waals surface area contributed by atoms with E-state index in [-0.39, 0.29) is 24.2 Å². The molecule has 280 valence electrons. The molecule has 5 aromatic carbocycles. The Kier molecular flexibility index (Phi) is 5.03. The van der Waals surface area contributed by atoms with Gasteiger partial charge in [0.2, 0.25) is 0 Å². The van der Waals surface area contributed by atoms with Gasteiger partial charge >= 0.3 is 6.85 Å². The van der Waals surface area contributed by atoms with Gasteiger partial charge in [0, 0.05) is 33.8 Å². The molecule has 0 amide bonds. The maximum absolute atomic E-state index is 15.6. The van der Waals surface area contributed by atoms with Gasteiger partial charge in [0.1, 0.15) is 0 Å². The highest BCUT2D eigenvalue weighted by atomic mass is 16.1. The molecular formula is C53H44BN3O. The molecule has 7 aromatic rings. The van der Waals surface area contributed by atoms with Crippen molar-refractivity contribution in [3.05, 3.63) is 145 Å². The first-order chi connectivity index (χ1) is 28.6. The van der Waals surface area contributed by atoms with Crippen LogP contribution in [0, 0.1) is 23.7 Å². The maximum atomic E-state index is 15.6. The highest BCUT2D eigenvalue weighted by Gasteiger charge is 2.55. The minimum absolute atomic E-state index is 0.0949. The lowest BCUT2D eigenvalue weighted by atomic mass is 9.41. The van der Waals surface area contributed by atoms with Gasteiger partial charge in [-0.15, -0.1) is 0 Å². The fourth-order valence-electron chi connectivity index (χ4n) is 17.3. The van der Waals surface area contributed by atoms with Gasteiger partial charge in [-0.3, -0.25) is 14.1 Å². The van der Waals surface area contributed by atoms with Crippen LogP contribution in [0.25, 0.3) is 44.1 Å². The second-order valence-electron chi connectivity index (χ2n) is 21.1. The van der Waals surface area contributed by atoms with Crippen molar-refractivity contribution in [3.63, 3.8) is 0 Å². The lowest BCUT2D eigenvalue weighted by molar-refractivity contribution is 0.166. The van der Waals surface area contributed by atoms with Crippen LogP contribution in [0.15, 0.2) is 95.2 Å². The van der Waals surface area contributed by atoms with Crippen LogP contribution < -0.4 is 11.0 Å². The molecule has 2 aliphatic heterocycles. The minimum atomic E-state index is -0.142. The summed E-state index contributed by atoms with van der Waals surface area (Å²) in [6, 6.07) is 33.7. The van der Waals surface area contributed by atoms with Crippen LogP contribution in [0.3, 0.4) is 0 Å². The maximum Gasteiger partial charge on any atom is 0.354 e. The summed E-state index contributed by atoms with van der Waals surface area (Å²) in [6.45, 7) is -0.142. The summed E-state index contributed by atoms with van der Waals surface area (Å²) >= 11 is 0. The molecule has 4 saturated carbocycles. The summed E-state index contributed by atoms with van der Waals surface area (Å²) < 4.78 is 7.49. The van der Waals surface area contributed by atoms with Crippen molar-refractivity contribution in [2.75, 3.05) is 0 Å². The molecule has 4 unspecified atom stereocenters. The molecule has 4 atom stereocenters. The third-order valence-electron chi connectivity index (χ3n) is 18.7. The van der Waals surface area contributed by atoms with Gasteiger partial charge in [-0.2, -0.15) is 0 Å². The number of rotatable bonds is 0. The molecule has 0 N–H and O–H groups in total. The van der Waals surface area contributed by atoms with E-state index in [0.29, 0.717) is 23.7 Å². The number of fused-ring (bicyclic) bond motifs is 8. The van der Waals surface area contributed by atoms with Gasteiger partial charge in [0.25, 0.3) is 5.56 Å². The van der Waals surface area contributed by atoms with Crippen molar-refractivity contribution in [1.82, 2.24) is 13.8 Å². The van der Waals surface area contributed by atoms with E-state index in [0.717, 1.165) is 34.6 Å². The fraction of sp³-hybridized carbons (Fsp3) is 0.377. The number of nitrogens with zero attached hydrogens (tertiary/aromatic N) is 3. The number of allylic oxidation sites excluding steroid dienone is 2. The van der Waals surface area contributed by atoms with Gasteiger partial charge in [-0.05, 0) is 186 Å². The normalized spacial score (nSPS) is 32.8. The van der Waals surface area contributed by atoms with E-state index >= 15 is 4.79 Å². The summed E-state index contributed by atoms with van der Waals surface area (Å²) in [5, 5.41) is 3.90. The average molecular weight is 750 g/mol. The molecule has 5 heteroatoms. The van der Waals surface area contributed by atoms with E-state index in [9.17, 15) is 0 Å². The third kappa shape index (κ3) is 3.22. The van der Waals surface area contributed by atoms with Crippen LogP contribution >= 0.6 is 0 Å². The molecule has 4 heterocycles. The molecule has 20 rings (SSSR count). The Labute approximate surface area is 337 Å². The molecule has 11 aliphatic carbocycles. The highest BCUT2D eigenvalue weighted by molar-refractivity contribution is 6.84. The zero-order valence-corrected chi connectivity index (χ0v) is 32.8. The van der Waals surface area contributed by atoms with Crippen LogP contribution in [0.2, 0.25) is 0 Å². The van der Waals surface area contributed by atoms with Crippen molar-refractivity contribution in [3.8, 4) is 5.69 Å². The summed E-state index contributed by atoms with van der Waals surface area (Å²) in [7, 11) is 0. The standard InChI is InChI=1S/C53H44BN3O/c58-53-41-23-39-30-17-25-13-26(18-30)20-31(19-25)40(39)24-44(41)56-43-12-10-38-48-42(11-9-33-29-15-27-14-28(16-29)22-32(21-27)45(33)48)55-51(38)49(43)54(57(53)56)50-46-34-5-1-3-7-36(34)47(52(50)55)37-8-4-2-6-35(37)46/h1-12,23-32,46-47H,13-22H2. The summed E-state index contributed by atoms with van der Waals surface area (Å²) in [5.74, 6) is 6.29. The Morgan fingerprint density at radius 1 is 0.517 bits per heavy atom. The van der Waals surface area contributed by atoms with E-state index in [1.807, 2.05) is 0 Å². The second kappa shape index (κ2) is 9.70. The van der Waals surface area contributed by atoms with Crippen LogP contribution in [-0.4, -0.2) is 20.7 Å². The Bertz CT molecular complexity index is 3190. The molecular weight excluding hydrogens is 705 g/mol. The summed E-state index contributed by atoms with van der Waals surface area (Å²) in [6.07, 6.45) is 13.7. The van der Waals surface area contributed by atoms with Crippen molar-refractivity contribution in [2.24, 2.45) is 23.7 Å². The summed E-state index contributed by atoms with van der Waals surface area (Å²) in [4.78, 5) is 15.6. The topological polar surface area (TPSA) is 31.9 Å². The van der Waals surface area contributed by atoms with Crippen LogP contribution in [0.1, 0.15) is 144 Å². The first-order valence-corrected chi connectivity index (χ1v) is 23.0. The fourth-order valence-corrected chi connectivity index (χ4v) is 17.3. The Hall–Kier alpha value is -5.03. The Morgan fingerprint density at radius 2 is 1.10 bits per heavy atom. The van der Waals surface area contributed by atoms with Gasteiger partial charge < -0.3 is 4.57 Å². The molecule has 10 bridgehead atoms. The lowest BCUT2D eigenvalue weighted by Crippen LogP contribution is -2.50. The summed E-state index contributed by atoms with van der Waals surface area (Å²) in [5.41, 5.74) is 21.8. The number of hydrogen-bond donors (Lipinski definition) is 0. The van der Waals surface area contributed by atoms with Crippen LogP contribution in [0.5, 0.6) is 0 Å². The molecule has 4 nitrogen and oxygen atoms in total. The molecule has 58 heavy (non-hydrogen) atoms. The zero-order valence-electron chi connectivity index (χ0n) is 32.8. The van der Waals surface area contributed by atoms with Crippen molar-refractivity contribution < 1.29 is 0 Å². The molecule has 0 spiro atoms. The average Bonchev–Trinajstić information content (AvgIpc) is 3.77. The predicted octanol–water partition coefficient (Wildman–Crippen LogP) is 10.8. The van der Waals surface area contributed by atoms with Gasteiger partial charge in [-0.25, -0.2) is 0 Å². The van der Waals surface area contributed by atoms with E-state index in [1.54, 1.807) is 16.7 Å². The Balaban J connectivity index is 1.02. The van der Waals surface area contributed by atoms with Crippen LogP contribution in [-0.2, 0) is 0 Å². The van der Waals surface area contributed by atoms with Gasteiger partial charge in [-0.1, -0.05) is 60.7 Å². The van der Waals surface area contributed by atoms with Crippen molar-refractivity contribution >= 4 is 50.7 Å². The van der Waals surface area contributed by atoms with Crippen molar-refractivity contribution in [1.29, 1.82) is 0 Å². The first kappa shape index (κ1) is 30.1. The smallest absolute Gasteiger partial charge is 0.313 e. The van der Waals surface area contributed by atoms with E-state index < -0.39 is 0 Å². The molecule has 13 aliphatic rings. The van der Waals surface area contributed by atoms with Crippen molar-refractivity contribution in [2.45, 2.75) is 99.7 Å². The highest BCUT2D eigenvalue weighted by Crippen LogP contribution is 2.63. The lowest BCUT2D eigenvalue weighted by Gasteiger charge is -2.46. The van der Waals surface area contributed by atoms with Gasteiger partial charge in [0.15, 0.2) is 0 Å². The molecule has 0 radical (unpaired) electrons. The third-order valence-corrected chi connectivity index (χ3v) is 18.7. The molecule has 4 fully saturated rings. The molecule has 2 aromatic heterocycles. The minimum Gasteiger partial charge on any atom is -0.313 e. The largest absolute Gasteiger partial charge is 0.354 e. The Morgan fingerprint density at radius 3 is 1.76 bits per heavy atom. The monoisotopic (exact) mass is 749 g/mol.